The number of anilines is 1. The highest BCUT2D eigenvalue weighted by Gasteiger charge is 2.15. The summed E-state index contributed by atoms with van der Waals surface area (Å²) in [7, 11) is 1.12. The van der Waals surface area contributed by atoms with Gasteiger partial charge in [0.1, 0.15) is 5.82 Å². The molecule has 1 N–H and O–H groups in total. The third kappa shape index (κ3) is 5.88. The number of likely N-dealkylation sites (N-methyl/N-ethyl adjacent to an activating group) is 1. The third-order valence-corrected chi connectivity index (χ3v) is 4.04. The fourth-order valence-corrected chi connectivity index (χ4v) is 2.92. The minimum atomic E-state index is -3.01. The normalized spacial score (nSPS) is 13.8. The maximum atomic E-state index is 11.2. The van der Waals surface area contributed by atoms with Crippen LogP contribution in [0.1, 0.15) is 19.4 Å². The van der Waals surface area contributed by atoms with Crippen LogP contribution < -0.4 is 5.32 Å². The third-order valence-electron chi connectivity index (χ3n) is 3.18. The molecule has 1 aromatic heterocycles. The Bertz CT molecular complexity index is 502. The van der Waals surface area contributed by atoms with Gasteiger partial charge in [0.25, 0.3) is 0 Å². The summed E-state index contributed by atoms with van der Waals surface area (Å²) in [6.07, 6.45) is 2.84. The standard InChI is InChI=1S/C14H25N3O2S/c1-11(2)13(17(3)4)9-16-14-7-6-12(8-15-14)10-20(5,18)19/h6-8,11,13H,9-10H2,1-5H3,(H,15,16). The summed E-state index contributed by atoms with van der Waals surface area (Å²) in [5.41, 5.74) is 0.714. The first-order chi connectivity index (χ1) is 9.19. The molecule has 1 atom stereocenters. The van der Waals surface area contributed by atoms with Gasteiger partial charge < -0.3 is 10.2 Å². The topological polar surface area (TPSA) is 62.3 Å². The molecule has 114 valence electrons. The molecule has 20 heavy (non-hydrogen) atoms. The van der Waals surface area contributed by atoms with Crippen LogP contribution >= 0.6 is 0 Å². The van der Waals surface area contributed by atoms with Crippen molar-refractivity contribution in [2.45, 2.75) is 25.6 Å². The zero-order chi connectivity index (χ0) is 15.3. The molecule has 0 aliphatic heterocycles. The van der Waals surface area contributed by atoms with Gasteiger partial charge in [0, 0.05) is 25.0 Å². The van der Waals surface area contributed by atoms with Crippen molar-refractivity contribution in [2.75, 3.05) is 32.2 Å². The summed E-state index contributed by atoms with van der Waals surface area (Å²) >= 11 is 0. The average molecular weight is 299 g/mol. The second-order valence-corrected chi connectivity index (χ2v) is 7.92. The smallest absolute Gasteiger partial charge is 0.151 e. The van der Waals surface area contributed by atoms with Gasteiger partial charge in [0.2, 0.25) is 0 Å². The van der Waals surface area contributed by atoms with Crippen molar-refractivity contribution >= 4 is 15.7 Å². The van der Waals surface area contributed by atoms with E-state index in [0.717, 1.165) is 12.4 Å². The van der Waals surface area contributed by atoms with Gasteiger partial charge in [-0.05, 0) is 31.6 Å². The molecule has 0 aliphatic rings. The number of hydrogen-bond donors (Lipinski definition) is 1. The lowest BCUT2D eigenvalue weighted by atomic mass is 10.0. The second kappa shape index (κ2) is 7.04. The maximum absolute atomic E-state index is 11.2. The number of pyridine rings is 1. The highest BCUT2D eigenvalue weighted by Crippen LogP contribution is 2.11. The van der Waals surface area contributed by atoms with Crippen molar-refractivity contribution in [3.63, 3.8) is 0 Å². The van der Waals surface area contributed by atoms with E-state index in [2.05, 4.69) is 43.1 Å². The molecule has 0 amide bonds. The van der Waals surface area contributed by atoms with E-state index < -0.39 is 9.84 Å². The van der Waals surface area contributed by atoms with E-state index in [1.165, 1.54) is 6.26 Å². The quantitative estimate of drug-likeness (QED) is 0.829. The summed E-state index contributed by atoms with van der Waals surface area (Å²) in [5.74, 6) is 1.35. The fourth-order valence-electron chi connectivity index (χ4n) is 2.14. The van der Waals surface area contributed by atoms with Gasteiger partial charge in [-0.15, -0.1) is 0 Å². The Morgan fingerprint density at radius 2 is 1.95 bits per heavy atom. The molecule has 6 heteroatoms. The average Bonchev–Trinajstić information content (AvgIpc) is 2.28. The zero-order valence-corrected chi connectivity index (χ0v) is 13.7. The van der Waals surface area contributed by atoms with Crippen molar-refractivity contribution in [2.24, 2.45) is 5.92 Å². The summed E-state index contributed by atoms with van der Waals surface area (Å²) < 4.78 is 22.4. The first kappa shape index (κ1) is 16.9. The van der Waals surface area contributed by atoms with Crippen molar-refractivity contribution in [3.8, 4) is 0 Å². The Kier molecular flexibility index (Phi) is 5.95. The lowest BCUT2D eigenvalue weighted by Crippen LogP contribution is -2.38. The van der Waals surface area contributed by atoms with E-state index in [1.807, 2.05) is 6.07 Å². The van der Waals surface area contributed by atoms with Crippen molar-refractivity contribution in [1.29, 1.82) is 0 Å². The largest absolute Gasteiger partial charge is 0.368 e. The molecule has 0 aliphatic carbocycles. The number of nitrogens with zero attached hydrogens (tertiary/aromatic N) is 2. The Labute approximate surface area is 122 Å². The second-order valence-electron chi connectivity index (χ2n) is 5.78. The van der Waals surface area contributed by atoms with E-state index >= 15 is 0 Å². The fraction of sp³-hybridized carbons (Fsp3) is 0.643. The van der Waals surface area contributed by atoms with Crippen LogP contribution in [0, 0.1) is 5.92 Å². The maximum Gasteiger partial charge on any atom is 0.151 e. The molecule has 1 aromatic rings. The van der Waals surface area contributed by atoms with E-state index in [0.29, 0.717) is 17.5 Å². The van der Waals surface area contributed by atoms with Crippen molar-refractivity contribution in [3.05, 3.63) is 23.9 Å². The van der Waals surface area contributed by atoms with E-state index in [-0.39, 0.29) is 5.75 Å². The van der Waals surface area contributed by atoms with Crippen LogP contribution in [0.4, 0.5) is 5.82 Å². The highest BCUT2D eigenvalue weighted by molar-refractivity contribution is 7.89. The van der Waals surface area contributed by atoms with E-state index in [4.69, 9.17) is 0 Å². The van der Waals surface area contributed by atoms with Crippen molar-refractivity contribution in [1.82, 2.24) is 9.88 Å². The SMILES string of the molecule is CC(C)C(CNc1ccc(CS(C)(=O)=O)cn1)N(C)C. The minimum absolute atomic E-state index is 0.0343. The van der Waals surface area contributed by atoms with E-state index in [1.54, 1.807) is 12.3 Å². The van der Waals surface area contributed by atoms with Crippen LogP contribution in [0.5, 0.6) is 0 Å². The van der Waals surface area contributed by atoms with Crippen molar-refractivity contribution < 1.29 is 8.42 Å². The first-order valence-electron chi connectivity index (χ1n) is 6.72. The van der Waals surface area contributed by atoms with Crippen LogP contribution in [-0.4, -0.2) is 51.2 Å². The molecule has 0 saturated heterocycles. The number of rotatable bonds is 7. The minimum Gasteiger partial charge on any atom is -0.368 e. The van der Waals surface area contributed by atoms with Crippen LogP contribution in [-0.2, 0) is 15.6 Å². The molecule has 0 bridgehead atoms. The summed E-state index contributed by atoms with van der Waals surface area (Å²) in [6.45, 7) is 5.19. The van der Waals surface area contributed by atoms with Gasteiger partial charge in [0.15, 0.2) is 9.84 Å². The molecule has 0 aromatic carbocycles. The molecule has 0 spiro atoms. The van der Waals surface area contributed by atoms with Gasteiger partial charge in [-0.1, -0.05) is 19.9 Å². The first-order valence-corrected chi connectivity index (χ1v) is 8.78. The predicted octanol–water partition coefficient (Wildman–Crippen LogP) is 1.62. The number of sulfone groups is 1. The van der Waals surface area contributed by atoms with Gasteiger partial charge in [0.05, 0.1) is 5.75 Å². The summed E-state index contributed by atoms with van der Waals surface area (Å²) in [6, 6.07) is 4.05. The molecular weight excluding hydrogens is 274 g/mol. The molecule has 5 nitrogen and oxygen atoms in total. The summed E-state index contributed by atoms with van der Waals surface area (Å²) in [4.78, 5) is 6.45. The van der Waals surface area contributed by atoms with Gasteiger partial charge in [-0.3, -0.25) is 0 Å². The van der Waals surface area contributed by atoms with Crippen LogP contribution in [0.2, 0.25) is 0 Å². The predicted molar refractivity (Wildman–Crippen MR) is 83.6 cm³/mol. The molecule has 0 fully saturated rings. The molecule has 0 saturated carbocycles. The van der Waals surface area contributed by atoms with E-state index in [9.17, 15) is 8.42 Å². The zero-order valence-electron chi connectivity index (χ0n) is 12.9. The number of nitrogens with one attached hydrogen (secondary N) is 1. The Balaban J connectivity index is 2.62. The van der Waals surface area contributed by atoms with Crippen LogP contribution in [0.15, 0.2) is 18.3 Å². The Morgan fingerprint density at radius 1 is 1.30 bits per heavy atom. The van der Waals surface area contributed by atoms with Gasteiger partial charge in [-0.2, -0.15) is 0 Å². The van der Waals surface area contributed by atoms with Crippen LogP contribution in [0.25, 0.3) is 0 Å². The molecule has 1 unspecified atom stereocenters. The number of aromatic nitrogens is 1. The molecular formula is C14H25N3O2S. The van der Waals surface area contributed by atoms with Gasteiger partial charge >= 0.3 is 0 Å². The molecule has 1 heterocycles. The Hall–Kier alpha value is -1.14. The lowest BCUT2D eigenvalue weighted by molar-refractivity contribution is 0.243. The summed E-state index contributed by atoms with van der Waals surface area (Å²) in [5, 5.41) is 3.30. The van der Waals surface area contributed by atoms with Gasteiger partial charge in [-0.25, -0.2) is 13.4 Å². The Morgan fingerprint density at radius 3 is 2.35 bits per heavy atom. The molecule has 0 radical (unpaired) electrons. The monoisotopic (exact) mass is 299 g/mol. The number of hydrogen-bond acceptors (Lipinski definition) is 5. The molecule has 1 rings (SSSR count). The lowest BCUT2D eigenvalue weighted by Gasteiger charge is -2.28. The van der Waals surface area contributed by atoms with Crippen LogP contribution in [0.3, 0.4) is 0 Å². The highest BCUT2D eigenvalue weighted by atomic mass is 32.2.